The molecule has 0 aliphatic carbocycles. The van der Waals surface area contributed by atoms with Crippen molar-refractivity contribution < 1.29 is 14.3 Å². The van der Waals surface area contributed by atoms with E-state index in [1.807, 2.05) is 13.1 Å². The Morgan fingerprint density at radius 2 is 1.48 bits per heavy atom. The first-order valence-electron chi connectivity index (χ1n) is 15.6. The Bertz CT molecular complexity index is 1430. The van der Waals surface area contributed by atoms with Crippen molar-refractivity contribution in [2.75, 3.05) is 86.0 Å². The highest BCUT2D eigenvalue weighted by Gasteiger charge is 2.26. The number of carbonyl (C=O) groups excluding carboxylic acids is 2. The number of morpholine rings is 1. The predicted octanol–water partition coefficient (Wildman–Crippen LogP) is 4.39. The van der Waals surface area contributed by atoms with E-state index in [2.05, 4.69) is 54.6 Å². The fourth-order valence-corrected chi connectivity index (χ4v) is 6.24. The van der Waals surface area contributed by atoms with Crippen LogP contribution >= 0.6 is 0 Å². The number of piperidine rings is 1. The fourth-order valence-electron chi connectivity index (χ4n) is 6.24. The Labute approximate surface area is 259 Å². The van der Waals surface area contributed by atoms with Crippen molar-refractivity contribution in [2.24, 2.45) is 0 Å². The van der Waals surface area contributed by atoms with E-state index in [9.17, 15) is 9.59 Å². The van der Waals surface area contributed by atoms with Gasteiger partial charge in [-0.05, 0) is 75.2 Å². The van der Waals surface area contributed by atoms with Crippen molar-refractivity contribution in [1.82, 2.24) is 19.8 Å². The van der Waals surface area contributed by atoms with Crippen molar-refractivity contribution in [1.29, 1.82) is 0 Å². The molecule has 0 bridgehead atoms. The van der Waals surface area contributed by atoms with Gasteiger partial charge < -0.3 is 30.1 Å². The van der Waals surface area contributed by atoms with Crippen LogP contribution < -0.4 is 20.4 Å². The molecular formula is C33H42N8O3. The largest absolute Gasteiger partial charge is 0.379 e. The summed E-state index contributed by atoms with van der Waals surface area (Å²) >= 11 is 0. The number of piperazine rings is 1. The van der Waals surface area contributed by atoms with Crippen molar-refractivity contribution in [3.8, 4) is 0 Å². The molecule has 2 amide bonds. The Balaban J connectivity index is 1.00. The minimum atomic E-state index is -0.146. The highest BCUT2D eigenvalue weighted by Crippen LogP contribution is 2.26. The van der Waals surface area contributed by atoms with Crippen LogP contribution in [0.15, 0.2) is 54.7 Å². The number of ether oxygens (including phenoxy) is 1. The summed E-state index contributed by atoms with van der Waals surface area (Å²) in [4.78, 5) is 42.8. The lowest BCUT2D eigenvalue weighted by Gasteiger charge is -2.40. The van der Waals surface area contributed by atoms with Gasteiger partial charge in [0.15, 0.2) is 5.78 Å². The molecule has 0 unspecified atom stereocenters. The number of nitrogens with one attached hydrogen (secondary N) is 2. The predicted molar refractivity (Wildman–Crippen MR) is 173 cm³/mol. The maximum absolute atomic E-state index is 12.8. The molecule has 3 saturated heterocycles. The number of aryl methyl sites for hydroxylation is 1. The Morgan fingerprint density at radius 1 is 0.818 bits per heavy atom. The molecule has 232 valence electrons. The van der Waals surface area contributed by atoms with Gasteiger partial charge in [0.1, 0.15) is 5.82 Å². The van der Waals surface area contributed by atoms with Gasteiger partial charge in [-0.3, -0.25) is 9.69 Å². The number of Topliss-reactive ketones (excluding diaryl/α,β-unsaturated/α-hetero) is 1. The lowest BCUT2D eigenvalue weighted by Crippen LogP contribution is -2.50. The van der Waals surface area contributed by atoms with E-state index in [4.69, 9.17) is 9.72 Å². The van der Waals surface area contributed by atoms with E-state index >= 15 is 0 Å². The number of aromatic nitrogens is 2. The maximum Gasteiger partial charge on any atom is 0.321 e. The monoisotopic (exact) mass is 598 g/mol. The summed E-state index contributed by atoms with van der Waals surface area (Å²) in [6.07, 6.45) is 4.23. The minimum Gasteiger partial charge on any atom is -0.379 e. The van der Waals surface area contributed by atoms with Crippen LogP contribution in [0, 0.1) is 6.92 Å². The fraction of sp³-hybridized carbons (Fsp3) is 0.455. The third-order valence-corrected chi connectivity index (χ3v) is 8.87. The van der Waals surface area contributed by atoms with Gasteiger partial charge >= 0.3 is 6.03 Å². The van der Waals surface area contributed by atoms with E-state index in [1.165, 1.54) is 25.5 Å². The van der Waals surface area contributed by atoms with Crippen LogP contribution in [0.25, 0.3) is 0 Å². The van der Waals surface area contributed by atoms with Gasteiger partial charge in [0.05, 0.1) is 13.2 Å². The van der Waals surface area contributed by atoms with Crippen molar-refractivity contribution in [3.63, 3.8) is 0 Å². The van der Waals surface area contributed by atoms with Crippen molar-refractivity contribution in [2.45, 2.75) is 32.7 Å². The van der Waals surface area contributed by atoms with E-state index in [0.29, 0.717) is 49.4 Å². The second-order valence-electron chi connectivity index (χ2n) is 11.8. The van der Waals surface area contributed by atoms with Gasteiger partial charge in [-0.2, -0.15) is 4.98 Å². The first-order valence-corrected chi connectivity index (χ1v) is 15.6. The Kier molecular flexibility index (Phi) is 9.23. The zero-order valence-corrected chi connectivity index (χ0v) is 25.7. The Morgan fingerprint density at radius 3 is 2.14 bits per heavy atom. The number of rotatable bonds is 7. The summed E-state index contributed by atoms with van der Waals surface area (Å²) in [5.41, 5.74) is 4.49. The molecule has 44 heavy (non-hydrogen) atoms. The number of anilines is 5. The second kappa shape index (κ2) is 13.6. The van der Waals surface area contributed by atoms with E-state index in [1.54, 1.807) is 29.2 Å². The molecule has 3 aliphatic rings. The average molecular weight is 599 g/mol. The normalized spacial score (nSPS) is 18.3. The van der Waals surface area contributed by atoms with Crippen LogP contribution in [0.3, 0.4) is 0 Å². The molecular weight excluding hydrogens is 556 g/mol. The third-order valence-electron chi connectivity index (χ3n) is 8.87. The molecule has 2 N–H and O–H groups in total. The van der Waals surface area contributed by atoms with Gasteiger partial charge in [0, 0.05) is 92.8 Å². The van der Waals surface area contributed by atoms with Gasteiger partial charge in [0.2, 0.25) is 5.95 Å². The highest BCUT2D eigenvalue weighted by atomic mass is 16.5. The molecule has 0 spiro atoms. The summed E-state index contributed by atoms with van der Waals surface area (Å²) in [6.45, 7) is 12.0. The van der Waals surface area contributed by atoms with Crippen molar-refractivity contribution >= 4 is 40.6 Å². The molecule has 4 heterocycles. The summed E-state index contributed by atoms with van der Waals surface area (Å²) in [5.74, 6) is 1.43. The summed E-state index contributed by atoms with van der Waals surface area (Å²) in [6, 6.07) is 16.0. The number of benzene rings is 2. The van der Waals surface area contributed by atoms with Crippen molar-refractivity contribution in [3.05, 3.63) is 65.9 Å². The summed E-state index contributed by atoms with van der Waals surface area (Å²) < 4.78 is 5.52. The van der Waals surface area contributed by atoms with Crippen LogP contribution in [0.1, 0.15) is 35.7 Å². The topological polar surface area (TPSA) is 106 Å². The number of amides is 2. The highest BCUT2D eigenvalue weighted by molar-refractivity contribution is 5.95. The first-order chi connectivity index (χ1) is 21.4. The van der Waals surface area contributed by atoms with Crippen LogP contribution in [0.2, 0.25) is 0 Å². The number of ketones is 1. The maximum atomic E-state index is 12.8. The molecule has 0 atom stereocenters. The van der Waals surface area contributed by atoms with Crippen LogP contribution in [0.5, 0.6) is 0 Å². The zero-order valence-electron chi connectivity index (χ0n) is 25.7. The quantitative estimate of drug-likeness (QED) is 0.383. The lowest BCUT2D eigenvalue weighted by molar-refractivity contribution is 0.0115. The molecule has 3 aliphatic heterocycles. The van der Waals surface area contributed by atoms with Gasteiger partial charge in [-0.25, -0.2) is 9.78 Å². The zero-order chi connectivity index (χ0) is 30.5. The van der Waals surface area contributed by atoms with Crippen LogP contribution in [0.4, 0.5) is 33.6 Å². The van der Waals surface area contributed by atoms with Crippen LogP contribution in [-0.4, -0.2) is 103 Å². The molecule has 11 heteroatoms. The van der Waals surface area contributed by atoms with Crippen LogP contribution in [-0.2, 0) is 4.74 Å². The van der Waals surface area contributed by atoms with Gasteiger partial charge in [-0.1, -0.05) is 0 Å². The molecule has 3 aromatic rings. The molecule has 11 nitrogen and oxygen atoms in total. The smallest absolute Gasteiger partial charge is 0.321 e. The standard InChI is InChI=1S/C33H42N8O3/c1-24-23-34-32(35-27-7-9-29(10-8-27)38-13-11-30(12-14-38)39-19-21-44-22-20-39)37-31(24)40-15-17-41(18-16-40)33(43)36-28-5-3-26(4-6-28)25(2)42/h3-10,23,30H,11-22H2,1-2H3,(H,36,43)(H,34,35,37). The number of hydrogen-bond donors (Lipinski definition) is 2. The third kappa shape index (κ3) is 7.11. The van der Waals surface area contributed by atoms with E-state index in [0.717, 1.165) is 56.5 Å². The van der Waals surface area contributed by atoms with E-state index < -0.39 is 0 Å². The molecule has 6 rings (SSSR count). The lowest BCUT2D eigenvalue weighted by atomic mass is 10.0. The van der Waals surface area contributed by atoms with E-state index in [-0.39, 0.29) is 11.8 Å². The number of hydrogen-bond acceptors (Lipinski definition) is 9. The second-order valence-corrected chi connectivity index (χ2v) is 11.8. The number of urea groups is 1. The SMILES string of the molecule is CC(=O)c1ccc(NC(=O)N2CCN(c3nc(Nc4ccc(N5CCC(N6CCOCC6)CC5)cc4)ncc3C)CC2)cc1. The minimum absolute atomic E-state index is 0.00115. The molecule has 2 aromatic carbocycles. The summed E-state index contributed by atoms with van der Waals surface area (Å²) in [7, 11) is 0. The number of carbonyl (C=O) groups is 2. The average Bonchev–Trinajstić information content (AvgIpc) is 3.07. The molecule has 3 fully saturated rings. The molecule has 0 saturated carbocycles. The Hall–Kier alpha value is -4.22. The van der Waals surface area contributed by atoms with Gasteiger partial charge in [-0.15, -0.1) is 0 Å². The number of nitrogens with zero attached hydrogens (tertiary/aromatic N) is 6. The first kappa shape index (κ1) is 29.8. The van der Waals surface area contributed by atoms with Gasteiger partial charge in [0.25, 0.3) is 0 Å². The molecule has 1 aromatic heterocycles. The summed E-state index contributed by atoms with van der Waals surface area (Å²) in [5, 5.41) is 6.31. The molecule has 0 radical (unpaired) electrons.